The third-order valence-electron chi connectivity index (χ3n) is 6.54. The van der Waals surface area contributed by atoms with Gasteiger partial charge in [0, 0.05) is 50.6 Å². The molecule has 0 spiro atoms. The van der Waals surface area contributed by atoms with Crippen molar-refractivity contribution in [2.45, 2.75) is 26.3 Å². The maximum Gasteiger partial charge on any atom is 0.243 e. The normalized spacial score (nSPS) is 19.0. The summed E-state index contributed by atoms with van der Waals surface area (Å²) in [4.78, 5) is 44.5. The quantitative estimate of drug-likeness (QED) is 0.682. The molecule has 0 unspecified atom stereocenters. The molecule has 3 amide bonds. The molecule has 0 aliphatic carbocycles. The third kappa shape index (κ3) is 5.75. The molecule has 2 aromatic rings. The molecule has 1 atom stereocenters. The zero-order valence-electron chi connectivity index (χ0n) is 19.9. The number of hydrogen-bond acceptors (Lipinski definition) is 5. The van der Waals surface area contributed by atoms with Crippen molar-refractivity contribution in [2.75, 3.05) is 56.0 Å². The molecule has 4 rings (SSSR count). The smallest absolute Gasteiger partial charge is 0.243 e. The number of carbonyl (C=O) groups excluding carboxylic acids is 3. The van der Waals surface area contributed by atoms with E-state index in [1.165, 1.54) is 5.69 Å². The largest absolute Gasteiger partial charge is 0.369 e. The van der Waals surface area contributed by atoms with E-state index in [0.717, 1.165) is 43.0 Å². The lowest BCUT2D eigenvalue weighted by molar-refractivity contribution is -0.145. The maximum atomic E-state index is 13.2. The number of para-hydroxylation sites is 1. The molecule has 2 saturated heterocycles. The van der Waals surface area contributed by atoms with E-state index in [2.05, 4.69) is 32.6 Å². The summed E-state index contributed by atoms with van der Waals surface area (Å²) in [6.07, 6.45) is -0.0628. The Bertz CT molecular complexity index is 1030. The molecule has 2 aromatic carbocycles. The van der Waals surface area contributed by atoms with Gasteiger partial charge in [0.2, 0.25) is 17.7 Å². The van der Waals surface area contributed by atoms with E-state index in [4.69, 9.17) is 0 Å². The Hall–Kier alpha value is -3.39. The number of nitrogens with one attached hydrogen (secondary N) is 2. The lowest BCUT2D eigenvalue weighted by atomic mass is 10.1. The zero-order chi connectivity index (χ0) is 24.1. The topological polar surface area (TPSA) is 85.0 Å². The second-order valence-electron chi connectivity index (χ2n) is 9.06. The fraction of sp³-hybridized carbons (Fsp3) is 0.423. The summed E-state index contributed by atoms with van der Waals surface area (Å²) in [5, 5.41) is 5.69. The van der Waals surface area contributed by atoms with Crippen LogP contribution in [0.2, 0.25) is 0 Å². The highest BCUT2D eigenvalue weighted by molar-refractivity contribution is 5.98. The average Bonchev–Trinajstić information content (AvgIpc) is 2.83. The number of anilines is 2. The minimum atomic E-state index is -0.794. The van der Waals surface area contributed by atoms with Gasteiger partial charge >= 0.3 is 0 Å². The van der Waals surface area contributed by atoms with E-state index in [-0.39, 0.29) is 30.7 Å². The predicted octanol–water partition coefficient (Wildman–Crippen LogP) is 1.78. The van der Waals surface area contributed by atoms with Crippen LogP contribution >= 0.6 is 0 Å². The lowest BCUT2D eigenvalue weighted by Gasteiger charge is -2.39. The van der Waals surface area contributed by atoms with Gasteiger partial charge in [-0.1, -0.05) is 35.9 Å². The monoisotopic (exact) mass is 463 g/mol. The first kappa shape index (κ1) is 23.8. The number of rotatable bonds is 6. The molecular weight excluding hydrogens is 430 g/mol. The molecule has 2 aliphatic heterocycles. The summed E-state index contributed by atoms with van der Waals surface area (Å²) in [5.41, 5.74) is 3.99. The Kier molecular flexibility index (Phi) is 7.47. The summed E-state index contributed by atoms with van der Waals surface area (Å²) in [6, 6.07) is 15.3. The van der Waals surface area contributed by atoms with Crippen molar-refractivity contribution in [3.05, 3.63) is 59.7 Å². The molecule has 8 heteroatoms. The number of nitrogens with zero attached hydrogens (tertiary/aromatic N) is 3. The summed E-state index contributed by atoms with van der Waals surface area (Å²) < 4.78 is 0. The Morgan fingerprint density at radius 3 is 2.44 bits per heavy atom. The van der Waals surface area contributed by atoms with Crippen LogP contribution in [0.1, 0.15) is 17.5 Å². The molecular formula is C26H33N5O3. The van der Waals surface area contributed by atoms with Crippen molar-refractivity contribution in [2.24, 2.45) is 0 Å². The fourth-order valence-electron chi connectivity index (χ4n) is 4.63. The van der Waals surface area contributed by atoms with Crippen molar-refractivity contribution in [3.63, 3.8) is 0 Å². The number of amides is 3. The van der Waals surface area contributed by atoms with Gasteiger partial charge in [-0.05, 0) is 37.6 Å². The van der Waals surface area contributed by atoms with Crippen LogP contribution in [0.3, 0.4) is 0 Å². The Balaban J connectivity index is 1.33. The molecule has 2 heterocycles. The lowest BCUT2D eigenvalue weighted by Crippen LogP contribution is -2.60. The molecule has 2 fully saturated rings. The summed E-state index contributed by atoms with van der Waals surface area (Å²) in [7, 11) is 0. The van der Waals surface area contributed by atoms with Crippen LogP contribution in [0.25, 0.3) is 0 Å². The van der Waals surface area contributed by atoms with Crippen LogP contribution in [-0.4, -0.2) is 79.4 Å². The number of hydrogen-bond donors (Lipinski definition) is 2. The number of benzene rings is 2. The summed E-state index contributed by atoms with van der Waals surface area (Å²) in [6.45, 7) is 8.25. The van der Waals surface area contributed by atoms with Gasteiger partial charge in [-0.15, -0.1) is 0 Å². The van der Waals surface area contributed by atoms with Crippen molar-refractivity contribution >= 4 is 29.1 Å². The summed E-state index contributed by atoms with van der Waals surface area (Å²) in [5.74, 6) is -0.653. The van der Waals surface area contributed by atoms with E-state index in [9.17, 15) is 14.4 Å². The predicted molar refractivity (Wildman–Crippen MR) is 133 cm³/mol. The van der Waals surface area contributed by atoms with E-state index < -0.39 is 6.04 Å². The molecule has 34 heavy (non-hydrogen) atoms. The van der Waals surface area contributed by atoms with E-state index >= 15 is 0 Å². The van der Waals surface area contributed by atoms with Gasteiger partial charge in [-0.3, -0.25) is 19.3 Å². The first-order chi connectivity index (χ1) is 16.4. The van der Waals surface area contributed by atoms with Crippen LogP contribution in [0, 0.1) is 13.8 Å². The van der Waals surface area contributed by atoms with E-state index in [0.29, 0.717) is 13.1 Å². The van der Waals surface area contributed by atoms with Gasteiger partial charge in [0.1, 0.15) is 6.04 Å². The van der Waals surface area contributed by atoms with E-state index in [1.54, 1.807) is 4.90 Å². The minimum Gasteiger partial charge on any atom is -0.369 e. The molecule has 180 valence electrons. The molecule has 8 nitrogen and oxygen atoms in total. The van der Waals surface area contributed by atoms with Gasteiger partial charge in [0.25, 0.3) is 0 Å². The SMILES string of the molecule is Cc1ccc(NC(=O)C[C@@H]2C(=O)NCCN2C(=O)CN2CCN(c3ccccc3)CC2)c(C)c1. The average molecular weight is 464 g/mol. The van der Waals surface area contributed by atoms with Gasteiger partial charge in [-0.25, -0.2) is 0 Å². The van der Waals surface area contributed by atoms with Crippen LogP contribution in [0.4, 0.5) is 11.4 Å². The van der Waals surface area contributed by atoms with Crippen molar-refractivity contribution in [1.29, 1.82) is 0 Å². The zero-order valence-corrected chi connectivity index (χ0v) is 19.9. The van der Waals surface area contributed by atoms with Crippen LogP contribution in [0.5, 0.6) is 0 Å². The molecule has 0 aromatic heterocycles. The first-order valence-electron chi connectivity index (χ1n) is 11.9. The highest BCUT2D eigenvalue weighted by Crippen LogP contribution is 2.19. The second kappa shape index (κ2) is 10.7. The first-order valence-corrected chi connectivity index (χ1v) is 11.9. The van der Waals surface area contributed by atoms with Crippen LogP contribution < -0.4 is 15.5 Å². The Labute approximate surface area is 200 Å². The molecule has 2 aliphatic rings. The van der Waals surface area contributed by atoms with Gasteiger partial charge < -0.3 is 20.4 Å². The van der Waals surface area contributed by atoms with Gasteiger partial charge in [0.15, 0.2) is 0 Å². The van der Waals surface area contributed by atoms with Crippen molar-refractivity contribution in [1.82, 2.24) is 15.1 Å². The standard InChI is InChI=1S/C26H33N5O3/c1-19-8-9-22(20(2)16-19)28-24(32)17-23-26(34)27-10-11-31(23)25(33)18-29-12-14-30(15-13-29)21-6-4-3-5-7-21/h3-9,16,23H,10-15,17-18H2,1-2H3,(H,27,34)(H,28,32)/t23-/m1/s1. The molecule has 2 N–H and O–H groups in total. The maximum absolute atomic E-state index is 13.2. The van der Waals surface area contributed by atoms with Gasteiger partial charge in [-0.2, -0.15) is 0 Å². The number of carbonyl (C=O) groups is 3. The molecule has 0 radical (unpaired) electrons. The van der Waals surface area contributed by atoms with Crippen LogP contribution in [0.15, 0.2) is 48.5 Å². The summed E-state index contributed by atoms with van der Waals surface area (Å²) >= 11 is 0. The van der Waals surface area contributed by atoms with Gasteiger partial charge in [0.05, 0.1) is 13.0 Å². The fourth-order valence-corrected chi connectivity index (χ4v) is 4.63. The Morgan fingerprint density at radius 1 is 1.00 bits per heavy atom. The second-order valence-corrected chi connectivity index (χ2v) is 9.06. The molecule has 0 saturated carbocycles. The van der Waals surface area contributed by atoms with Crippen molar-refractivity contribution < 1.29 is 14.4 Å². The molecule has 0 bridgehead atoms. The minimum absolute atomic E-state index is 0.0628. The third-order valence-corrected chi connectivity index (χ3v) is 6.54. The van der Waals surface area contributed by atoms with Crippen LogP contribution in [-0.2, 0) is 14.4 Å². The van der Waals surface area contributed by atoms with E-state index in [1.807, 2.05) is 50.2 Å². The van der Waals surface area contributed by atoms with Crippen molar-refractivity contribution in [3.8, 4) is 0 Å². The Morgan fingerprint density at radius 2 is 1.74 bits per heavy atom. The number of piperazine rings is 2. The highest BCUT2D eigenvalue weighted by atomic mass is 16.2. The number of aryl methyl sites for hydroxylation is 2. The highest BCUT2D eigenvalue weighted by Gasteiger charge is 2.35.